The quantitative estimate of drug-likeness (QED) is 0.752. The largest absolute Gasteiger partial charge is 0.389 e. The molecular formula is C9H14N4OS. The fraction of sp³-hybridized carbons (Fsp3) is 0.556. The zero-order valence-electron chi connectivity index (χ0n) is 8.64. The third-order valence-corrected chi connectivity index (χ3v) is 3.39. The van der Waals surface area contributed by atoms with Crippen molar-refractivity contribution in [3.8, 4) is 0 Å². The predicted octanol–water partition coefficient (Wildman–Crippen LogP) is 0.394. The second kappa shape index (κ2) is 4.06. The molecule has 0 spiro atoms. The van der Waals surface area contributed by atoms with E-state index in [9.17, 15) is 4.79 Å². The molecule has 1 aliphatic rings. The van der Waals surface area contributed by atoms with Gasteiger partial charge in [0.1, 0.15) is 5.00 Å². The zero-order valence-corrected chi connectivity index (χ0v) is 9.46. The molecule has 1 amide bonds. The molecule has 0 saturated carbocycles. The molecule has 2 heterocycles. The van der Waals surface area contributed by atoms with Gasteiger partial charge in [0, 0.05) is 33.1 Å². The number of rotatable bonds is 1. The highest BCUT2D eigenvalue weighted by atomic mass is 32.1. The lowest BCUT2D eigenvalue weighted by atomic mass is 10.3. The third-order valence-electron chi connectivity index (χ3n) is 2.51. The summed E-state index contributed by atoms with van der Waals surface area (Å²) in [7, 11) is 0. The van der Waals surface area contributed by atoms with E-state index in [-0.39, 0.29) is 5.91 Å². The van der Waals surface area contributed by atoms with Gasteiger partial charge in [0.25, 0.3) is 0 Å². The summed E-state index contributed by atoms with van der Waals surface area (Å²) in [5.41, 5.74) is 5.63. The molecule has 1 aromatic heterocycles. The highest BCUT2D eigenvalue weighted by Crippen LogP contribution is 2.24. The standard InChI is InChI=1S/C9H14N4OS/c1-7(14)12-2-4-13(5-3-12)9-11-6-8(10)15-9/h6H,2-5,10H2,1H3. The van der Waals surface area contributed by atoms with Gasteiger partial charge in [-0.2, -0.15) is 0 Å². The monoisotopic (exact) mass is 226 g/mol. The Morgan fingerprint density at radius 1 is 1.47 bits per heavy atom. The summed E-state index contributed by atoms with van der Waals surface area (Å²) in [6.07, 6.45) is 1.68. The number of anilines is 2. The molecule has 5 nitrogen and oxygen atoms in total. The topological polar surface area (TPSA) is 62.5 Å². The first-order valence-electron chi connectivity index (χ1n) is 4.88. The molecule has 0 aromatic carbocycles. The highest BCUT2D eigenvalue weighted by molar-refractivity contribution is 7.19. The molecule has 1 fully saturated rings. The van der Waals surface area contributed by atoms with Crippen molar-refractivity contribution < 1.29 is 4.79 Å². The summed E-state index contributed by atoms with van der Waals surface area (Å²) in [6, 6.07) is 0. The SMILES string of the molecule is CC(=O)N1CCN(c2ncc(N)s2)CC1. The lowest BCUT2D eigenvalue weighted by molar-refractivity contribution is -0.129. The number of nitrogens with two attached hydrogens (primary N) is 1. The van der Waals surface area contributed by atoms with Crippen molar-refractivity contribution in [2.45, 2.75) is 6.92 Å². The van der Waals surface area contributed by atoms with E-state index in [1.165, 1.54) is 11.3 Å². The van der Waals surface area contributed by atoms with Gasteiger partial charge in [-0.3, -0.25) is 4.79 Å². The van der Waals surface area contributed by atoms with Gasteiger partial charge in [-0.25, -0.2) is 4.98 Å². The Bertz CT molecular complexity index is 357. The lowest BCUT2D eigenvalue weighted by Gasteiger charge is -2.33. The van der Waals surface area contributed by atoms with Gasteiger partial charge in [-0.05, 0) is 0 Å². The van der Waals surface area contributed by atoms with Crippen LogP contribution in [0, 0.1) is 0 Å². The summed E-state index contributed by atoms with van der Waals surface area (Å²) in [4.78, 5) is 19.4. The van der Waals surface area contributed by atoms with Crippen molar-refractivity contribution in [3.63, 3.8) is 0 Å². The number of nitrogen functional groups attached to an aromatic ring is 1. The number of piperazine rings is 1. The van der Waals surface area contributed by atoms with Crippen molar-refractivity contribution in [1.29, 1.82) is 0 Å². The highest BCUT2D eigenvalue weighted by Gasteiger charge is 2.20. The minimum Gasteiger partial charge on any atom is -0.389 e. The van der Waals surface area contributed by atoms with Crippen LogP contribution in [0.4, 0.5) is 10.1 Å². The number of aromatic nitrogens is 1. The number of amides is 1. The van der Waals surface area contributed by atoms with Crippen LogP contribution >= 0.6 is 11.3 Å². The normalized spacial score (nSPS) is 16.9. The second-order valence-electron chi connectivity index (χ2n) is 3.54. The molecule has 82 valence electrons. The van der Waals surface area contributed by atoms with E-state index in [0.717, 1.165) is 36.3 Å². The number of carbonyl (C=O) groups excluding carboxylic acids is 1. The van der Waals surface area contributed by atoms with Gasteiger partial charge in [-0.1, -0.05) is 11.3 Å². The Balaban J connectivity index is 1.96. The van der Waals surface area contributed by atoms with Crippen molar-refractivity contribution in [1.82, 2.24) is 9.88 Å². The average Bonchev–Trinajstić information content (AvgIpc) is 2.65. The Morgan fingerprint density at radius 2 is 2.13 bits per heavy atom. The summed E-state index contributed by atoms with van der Waals surface area (Å²) in [5.74, 6) is 0.147. The Hall–Kier alpha value is -1.30. The first kappa shape index (κ1) is 10.2. The molecular weight excluding hydrogens is 212 g/mol. The van der Waals surface area contributed by atoms with Crippen LogP contribution in [-0.4, -0.2) is 42.0 Å². The van der Waals surface area contributed by atoms with Crippen molar-refractivity contribution in [3.05, 3.63) is 6.20 Å². The molecule has 1 aliphatic heterocycles. The van der Waals surface area contributed by atoms with Gasteiger partial charge in [0.15, 0.2) is 5.13 Å². The van der Waals surface area contributed by atoms with Crippen LogP contribution in [0.3, 0.4) is 0 Å². The number of carbonyl (C=O) groups is 1. The number of hydrogen-bond acceptors (Lipinski definition) is 5. The molecule has 2 rings (SSSR count). The van der Waals surface area contributed by atoms with Gasteiger partial charge in [0.2, 0.25) is 5.91 Å². The van der Waals surface area contributed by atoms with Crippen LogP contribution in [0.1, 0.15) is 6.92 Å². The van der Waals surface area contributed by atoms with Crippen LogP contribution in [0.5, 0.6) is 0 Å². The minimum absolute atomic E-state index is 0.147. The van der Waals surface area contributed by atoms with E-state index >= 15 is 0 Å². The summed E-state index contributed by atoms with van der Waals surface area (Å²) in [5, 5.41) is 1.69. The fourth-order valence-corrected chi connectivity index (χ4v) is 2.37. The number of hydrogen-bond donors (Lipinski definition) is 1. The van der Waals surface area contributed by atoms with Crippen molar-refractivity contribution >= 4 is 27.4 Å². The molecule has 15 heavy (non-hydrogen) atoms. The minimum atomic E-state index is 0.147. The Morgan fingerprint density at radius 3 is 2.60 bits per heavy atom. The fourth-order valence-electron chi connectivity index (χ4n) is 1.64. The first-order chi connectivity index (χ1) is 7.16. The summed E-state index contributed by atoms with van der Waals surface area (Å²) >= 11 is 1.49. The van der Waals surface area contributed by atoms with Gasteiger partial charge >= 0.3 is 0 Å². The molecule has 1 saturated heterocycles. The van der Waals surface area contributed by atoms with Crippen LogP contribution in [0.15, 0.2) is 6.20 Å². The van der Waals surface area contributed by atoms with Gasteiger partial charge in [0.05, 0.1) is 6.20 Å². The van der Waals surface area contributed by atoms with E-state index in [2.05, 4.69) is 9.88 Å². The van der Waals surface area contributed by atoms with E-state index < -0.39 is 0 Å². The average molecular weight is 226 g/mol. The summed E-state index contributed by atoms with van der Waals surface area (Å²) in [6.45, 7) is 4.83. The Labute approximate surface area is 92.5 Å². The molecule has 0 unspecified atom stereocenters. The maximum Gasteiger partial charge on any atom is 0.219 e. The van der Waals surface area contributed by atoms with Crippen LogP contribution in [0.2, 0.25) is 0 Å². The third kappa shape index (κ3) is 2.20. The predicted molar refractivity (Wildman–Crippen MR) is 61.0 cm³/mol. The molecule has 0 aliphatic carbocycles. The van der Waals surface area contributed by atoms with Gasteiger partial charge in [-0.15, -0.1) is 0 Å². The van der Waals surface area contributed by atoms with E-state index in [4.69, 9.17) is 5.73 Å². The maximum atomic E-state index is 11.1. The van der Waals surface area contributed by atoms with Crippen LogP contribution in [0.25, 0.3) is 0 Å². The van der Waals surface area contributed by atoms with E-state index in [1.54, 1.807) is 13.1 Å². The molecule has 6 heteroatoms. The smallest absolute Gasteiger partial charge is 0.219 e. The van der Waals surface area contributed by atoms with E-state index in [0.29, 0.717) is 0 Å². The van der Waals surface area contributed by atoms with Crippen molar-refractivity contribution in [2.75, 3.05) is 36.8 Å². The molecule has 2 N–H and O–H groups in total. The van der Waals surface area contributed by atoms with E-state index in [1.807, 2.05) is 4.90 Å². The first-order valence-corrected chi connectivity index (χ1v) is 5.70. The van der Waals surface area contributed by atoms with Crippen molar-refractivity contribution in [2.24, 2.45) is 0 Å². The second-order valence-corrected chi connectivity index (χ2v) is 4.58. The van der Waals surface area contributed by atoms with Crippen LogP contribution in [-0.2, 0) is 4.79 Å². The molecule has 0 bridgehead atoms. The maximum absolute atomic E-state index is 11.1. The lowest BCUT2D eigenvalue weighted by Crippen LogP contribution is -2.48. The molecule has 0 atom stereocenters. The number of thiazole rings is 1. The zero-order chi connectivity index (χ0) is 10.8. The molecule has 0 radical (unpaired) electrons. The van der Waals surface area contributed by atoms with Gasteiger partial charge < -0.3 is 15.5 Å². The van der Waals surface area contributed by atoms with Crippen LogP contribution < -0.4 is 10.6 Å². The Kier molecular flexibility index (Phi) is 2.77. The summed E-state index contributed by atoms with van der Waals surface area (Å²) < 4.78 is 0. The number of nitrogens with zero attached hydrogens (tertiary/aromatic N) is 3. The molecule has 1 aromatic rings.